The van der Waals surface area contributed by atoms with E-state index in [0.29, 0.717) is 21.2 Å². The zero-order valence-corrected chi connectivity index (χ0v) is 18.5. The van der Waals surface area contributed by atoms with E-state index in [1.807, 2.05) is 6.07 Å². The molecular weight excluding hydrogens is 460 g/mol. The number of aromatic nitrogens is 2. The first kappa shape index (κ1) is 22.7. The molecule has 34 heavy (non-hydrogen) atoms. The van der Waals surface area contributed by atoms with E-state index in [-0.39, 0.29) is 22.8 Å². The first-order valence-electron chi connectivity index (χ1n) is 9.88. The maximum absolute atomic E-state index is 13.0. The monoisotopic (exact) mass is 476 g/mol. The fourth-order valence-corrected chi connectivity index (χ4v) is 4.16. The third-order valence-corrected chi connectivity index (χ3v) is 5.96. The second kappa shape index (κ2) is 9.55. The Morgan fingerprint density at radius 2 is 1.65 bits per heavy atom. The van der Waals surface area contributed by atoms with Gasteiger partial charge in [-0.15, -0.1) is 0 Å². The van der Waals surface area contributed by atoms with E-state index >= 15 is 0 Å². The molecule has 0 spiro atoms. The fourth-order valence-electron chi connectivity index (χ4n) is 3.14. The Bertz CT molecular complexity index is 1400. The number of ether oxygens (including phenoxy) is 1. The second-order valence-corrected chi connectivity index (χ2v) is 8.04. The first-order valence-corrected chi connectivity index (χ1v) is 10.7. The lowest BCUT2D eigenvalue weighted by Crippen LogP contribution is -2.12. The van der Waals surface area contributed by atoms with Crippen molar-refractivity contribution in [1.29, 1.82) is 0 Å². The third-order valence-electron chi connectivity index (χ3n) is 4.72. The topological polar surface area (TPSA) is 130 Å². The molecule has 0 aliphatic heterocycles. The molecule has 170 valence electrons. The van der Waals surface area contributed by atoms with E-state index in [2.05, 4.69) is 5.10 Å². The van der Waals surface area contributed by atoms with Gasteiger partial charge in [0.2, 0.25) is 5.88 Å². The van der Waals surface area contributed by atoms with Crippen LogP contribution in [-0.2, 0) is 0 Å². The number of hydrogen-bond acceptors (Lipinski definition) is 8. The Balaban J connectivity index is 1.80. The maximum atomic E-state index is 13.0. The highest BCUT2D eigenvalue weighted by Crippen LogP contribution is 2.42. The highest BCUT2D eigenvalue weighted by Gasteiger charge is 2.25. The molecule has 0 fully saturated rings. The molecule has 11 heteroatoms. The van der Waals surface area contributed by atoms with Crippen LogP contribution in [0.5, 0.6) is 5.88 Å². The van der Waals surface area contributed by atoms with Crippen LogP contribution >= 0.6 is 11.8 Å². The maximum Gasteiger partial charge on any atom is 0.345 e. The summed E-state index contributed by atoms with van der Waals surface area (Å²) >= 11 is 1.05. The lowest BCUT2D eigenvalue weighted by atomic mass is 10.2. The number of nitro groups is 2. The molecule has 4 rings (SSSR count). The highest BCUT2D eigenvalue weighted by atomic mass is 32.2. The Labute approximate surface area is 197 Å². The zero-order valence-electron chi connectivity index (χ0n) is 17.7. The number of nitro benzene ring substituents is 2. The molecule has 1 heterocycles. The molecule has 0 N–H and O–H groups in total. The van der Waals surface area contributed by atoms with E-state index in [1.165, 1.54) is 28.9 Å². The van der Waals surface area contributed by atoms with Crippen molar-refractivity contribution < 1.29 is 19.4 Å². The number of esters is 1. The summed E-state index contributed by atoms with van der Waals surface area (Å²) in [4.78, 5) is 35.2. The number of rotatable bonds is 7. The number of aryl methyl sites for hydroxylation is 1. The zero-order chi connectivity index (χ0) is 24.2. The van der Waals surface area contributed by atoms with Crippen molar-refractivity contribution in [3.63, 3.8) is 0 Å². The minimum Gasteiger partial charge on any atom is -0.402 e. The molecule has 0 radical (unpaired) electrons. The van der Waals surface area contributed by atoms with Crippen molar-refractivity contribution in [3.8, 4) is 11.6 Å². The van der Waals surface area contributed by atoms with Gasteiger partial charge in [0, 0.05) is 18.2 Å². The Kier molecular flexibility index (Phi) is 6.37. The second-order valence-electron chi connectivity index (χ2n) is 6.99. The molecule has 0 saturated carbocycles. The summed E-state index contributed by atoms with van der Waals surface area (Å²) < 4.78 is 7.11. The van der Waals surface area contributed by atoms with Crippen LogP contribution in [0.25, 0.3) is 5.69 Å². The van der Waals surface area contributed by atoms with Crippen molar-refractivity contribution in [3.05, 3.63) is 110 Å². The number of para-hydroxylation sites is 2. The smallest absolute Gasteiger partial charge is 0.345 e. The van der Waals surface area contributed by atoms with Gasteiger partial charge < -0.3 is 4.74 Å². The van der Waals surface area contributed by atoms with Crippen molar-refractivity contribution in [2.45, 2.75) is 16.7 Å². The summed E-state index contributed by atoms with van der Waals surface area (Å²) in [7, 11) is 0. The van der Waals surface area contributed by atoms with Gasteiger partial charge in [-0.2, -0.15) is 9.78 Å². The minimum atomic E-state index is -0.829. The SMILES string of the molecule is Cc1nn(-c2ccccc2)c(OC(=O)c2cccc([N+](=O)[O-])c2)c1Sc1ccccc1[N+](=O)[O-]. The van der Waals surface area contributed by atoms with E-state index in [0.717, 1.165) is 17.8 Å². The van der Waals surface area contributed by atoms with Crippen LogP contribution in [0.15, 0.2) is 88.7 Å². The molecule has 0 aliphatic rings. The summed E-state index contributed by atoms with van der Waals surface area (Å²) in [5.41, 5.74) is 0.706. The number of hydrogen-bond donors (Lipinski definition) is 0. The van der Waals surface area contributed by atoms with Gasteiger partial charge in [0.25, 0.3) is 11.4 Å². The van der Waals surface area contributed by atoms with E-state index in [1.54, 1.807) is 49.4 Å². The van der Waals surface area contributed by atoms with E-state index in [4.69, 9.17) is 4.74 Å². The summed E-state index contributed by atoms with van der Waals surface area (Å²) in [6.45, 7) is 1.70. The van der Waals surface area contributed by atoms with Crippen molar-refractivity contribution in [2.24, 2.45) is 0 Å². The van der Waals surface area contributed by atoms with Gasteiger partial charge in [-0.1, -0.05) is 48.2 Å². The molecule has 10 nitrogen and oxygen atoms in total. The molecule has 3 aromatic carbocycles. The van der Waals surface area contributed by atoms with Crippen LogP contribution in [0, 0.1) is 27.2 Å². The van der Waals surface area contributed by atoms with Gasteiger partial charge in [-0.25, -0.2) is 4.79 Å². The lowest BCUT2D eigenvalue weighted by Gasteiger charge is -2.10. The molecule has 0 amide bonds. The van der Waals surface area contributed by atoms with Crippen LogP contribution < -0.4 is 4.74 Å². The van der Waals surface area contributed by atoms with Gasteiger partial charge in [0.15, 0.2) is 0 Å². The standard InChI is InChI=1S/C23H16N4O6S/c1-15-21(34-20-13-6-5-12-19(20)27(31)32)22(25(24-15)17-9-3-2-4-10-17)33-23(28)16-8-7-11-18(14-16)26(29)30/h2-14H,1H3. The summed E-state index contributed by atoms with van der Waals surface area (Å²) in [6.07, 6.45) is 0. The van der Waals surface area contributed by atoms with Gasteiger partial charge in [0.05, 0.1) is 36.6 Å². The van der Waals surface area contributed by atoms with Crippen molar-refractivity contribution in [1.82, 2.24) is 9.78 Å². The quantitative estimate of drug-likeness (QED) is 0.198. The Hall–Kier alpha value is -4.51. The Morgan fingerprint density at radius 1 is 0.941 bits per heavy atom. The van der Waals surface area contributed by atoms with Crippen LogP contribution in [0.4, 0.5) is 11.4 Å². The van der Waals surface area contributed by atoms with E-state index in [9.17, 15) is 25.0 Å². The molecule has 4 aromatic rings. The molecule has 0 bridgehead atoms. The summed E-state index contributed by atoms with van der Waals surface area (Å²) in [5.74, 6) is -0.784. The van der Waals surface area contributed by atoms with Gasteiger partial charge in [0.1, 0.15) is 0 Å². The minimum absolute atomic E-state index is 0.0192. The normalized spacial score (nSPS) is 10.6. The van der Waals surface area contributed by atoms with Crippen LogP contribution in [-0.4, -0.2) is 25.6 Å². The molecule has 1 aromatic heterocycles. The fraction of sp³-hybridized carbons (Fsp3) is 0.0435. The highest BCUT2D eigenvalue weighted by molar-refractivity contribution is 7.99. The van der Waals surface area contributed by atoms with Crippen LogP contribution in [0.2, 0.25) is 0 Å². The number of carbonyl (C=O) groups is 1. The van der Waals surface area contributed by atoms with Crippen LogP contribution in [0.1, 0.15) is 16.1 Å². The average molecular weight is 476 g/mol. The number of nitrogens with zero attached hydrogens (tertiary/aromatic N) is 4. The molecule has 0 saturated heterocycles. The molecule has 0 atom stereocenters. The average Bonchev–Trinajstić information content (AvgIpc) is 3.14. The third kappa shape index (κ3) is 4.64. The Morgan fingerprint density at radius 3 is 2.35 bits per heavy atom. The number of benzene rings is 3. The van der Waals surface area contributed by atoms with E-state index < -0.39 is 15.8 Å². The number of carbonyl (C=O) groups excluding carboxylic acids is 1. The summed E-state index contributed by atoms with van der Waals surface area (Å²) in [6, 6.07) is 20.3. The van der Waals surface area contributed by atoms with Crippen molar-refractivity contribution in [2.75, 3.05) is 0 Å². The molecule has 0 unspecified atom stereocenters. The lowest BCUT2D eigenvalue weighted by molar-refractivity contribution is -0.387. The van der Waals surface area contributed by atoms with Gasteiger partial charge in [-0.3, -0.25) is 20.2 Å². The first-order chi connectivity index (χ1) is 16.3. The van der Waals surface area contributed by atoms with Gasteiger partial charge in [-0.05, 0) is 31.2 Å². The largest absolute Gasteiger partial charge is 0.402 e. The predicted octanol–water partition coefficient (Wildman–Crippen LogP) is 5.37. The van der Waals surface area contributed by atoms with Gasteiger partial charge >= 0.3 is 5.97 Å². The molecule has 0 aliphatic carbocycles. The molecular formula is C23H16N4O6S. The predicted molar refractivity (Wildman–Crippen MR) is 124 cm³/mol. The number of non-ortho nitro benzene ring substituents is 1. The summed E-state index contributed by atoms with van der Waals surface area (Å²) in [5, 5.41) is 27.1. The van der Waals surface area contributed by atoms with Crippen LogP contribution in [0.3, 0.4) is 0 Å². The van der Waals surface area contributed by atoms with Crippen molar-refractivity contribution >= 4 is 29.1 Å².